The molecule has 1 N–H and O–H groups in total. The first-order valence-electron chi connectivity index (χ1n) is 5.85. The molecule has 4 heteroatoms. The van der Waals surface area contributed by atoms with Crippen molar-refractivity contribution < 1.29 is 14.2 Å². The first kappa shape index (κ1) is 12.7. The topological polar surface area (TPSA) is 29.5 Å². The summed E-state index contributed by atoms with van der Waals surface area (Å²) < 4.78 is 18.9. The third kappa shape index (κ3) is 3.58. The molecule has 1 saturated carbocycles. The highest BCUT2D eigenvalue weighted by Crippen LogP contribution is 2.34. The molecule has 1 aromatic carbocycles. The van der Waals surface area contributed by atoms with Crippen LogP contribution in [-0.2, 0) is 6.42 Å². The number of ether oxygens (including phenoxy) is 1. The number of hydrogen-bond acceptors (Lipinski definition) is 2. The minimum atomic E-state index is -0.545. The third-order valence-electron chi connectivity index (χ3n) is 2.76. The van der Waals surface area contributed by atoms with Gasteiger partial charge in [-0.2, -0.15) is 0 Å². The first-order valence-corrected chi connectivity index (χ1v) is 6.23. The SMILES string of the molecule is CC(O)Cc1cc(F)cc(Cl)c1OCC1CC1. The fraction of sp³-hybridized carbons (Fsp3) is 0.538. The van der Waals surface area contributed by atoms with Gasteiger partial charge in [-0.05, 0) is 37.8 Å². The van der Waals surface area contributed by atoms with Crippen molar-refractivity contribution in [3.8, 4) is 5.75 Å². The smallest absolute Gasteiger partial charge is 0.141 e. The second kappa shape index (κ2) is 5.23. The summed E-state index contributed by atoms with van der Waals surface area (Å²) in [7, 11) is 0. The van der Waals surface area contributed by atoms with Gasteiger partial charge in [0.2, 0.25) is 0 Å². The zero-order chi connectivity index (χ0) is 12.4. The molecule has 0 radical (unpaired) electrons. The van der Waals surface area contributed by atoms with Gasteiger partial charge in [0.1, 0.15) is 11.6 Å². The van der Waals surface area contributed by atoms with Crippen molar-refractivity contribution in [1.82, 2.24) is 0 Å². The highest BCUT2D eigenvalue weighted by atomic mass is 35.5. The molecule has 0 spiro atoms. The zero-order valence-electron chi connectivity index (χ0n) is 9.75. The highest BCUT2D eigenvalue weighted by Gasteiger charge is 2.23. The first-order chi connectivity index (χ1) is 8.06. The van der Waals surface area contributed by atoms with Crippen LogP contribution in [0.3, 0.4) is 0 Å². The van der Waals surface area contributed by atoms with Gasteiger partial charge in [-0.25, -0.2) is 4.39 Å². The van der Waals surface area contributed by atoms with Crippen LogP contribution in [0.1, 0.15) is 25.3 Å². The Morgan fingerprint density at radius 2 is 2.24 bits per heavy atom. The van der Waals surface area contributed by atoms with E-state index in [1.165, 1.54) is 25.0 Å². The maximum Gasteiger partial charge on any atom is 0.141 e. The second-order valence-corrected chi connectivity index (χ2v) is 5.09. The van der Waals surface area contributed by atoms with E-state index in [1.54, 1.807) is 6.92 Å². The Kier molecular flexibility index (Phi) is 3.89. The van der Waals surface area contributed by atoms with Crippen LogP contribution in [0.25, 0.3) is 0 Å². The summed E-state index contributed by atoms with van der Waals surface area (Å²) in [6.07, 6.45) is 2.17. The average Bonchev–Trinajstić information content (AvgIpc) is 2.98. The van der Waals surface area contributed by atoms with E-state index in [-0.39, 0.29) is 5.02 Å². The van der Waals surface area contributed by atoms with Gasteiger partial charge in [0.05, 0.1) is 17.7 Å². The monoisotopic (exact) mass is 258 g/mol. The highest BCUT2D eigenvalue weighted by molar-refractivity contribution is 6.32. The van der Waals surface area contributed by atoms with E-state index in [2.05, 4.69) is 0 Å². The summed E-state index contributed by atoms with van der Waals surface area (Å²) in [6.45, 7) is 2.28. The molecule has 2 nitrogen and oxygen atoms in total. The Morgan fingerprint density at radius 3 is 2.82 bits per heavy atom. The lowest BCUT2D eigenvalue weighted by molar-refractivity contribution is 0.193. The molecule has 94 valence electrons. The van der Waals surface area contributed by atoms with E-state index >= 15 is 0 Å². The van der Waals surface area contributed by atoms with Gasteiger partial charge in [0.25, 0.3) is 0 Å². The number of benzene rings is 1. The molecule has 1 aliphatic rings. The molecule has 0 aromatic heterocycles. The van der Waals surface area contributed by atoms with Crippen LogP contribution in [0.15, 0.2) is 12.1 Å². The molecular weight excluding hydrogens is 243 g/mol. The van der Waals surface area contributed by atoms with Crippen LogP contribution in [0, 0.1) is 11.7 Å². The standard InChI is InChI=1S/C13H16ClFO2/c1-8(16)4-10-5-11(15)6-12(14)13(10)17-7-9-2-3-9/h5-6,8-9,16H,2-4,7H2,1H3. The van der Waals surface area contributed by atoms with Crippen molar-refractivity contribution in [3.63, 3.8) is 0 Å². The minimum absolute atomic E-state index is 0.279. The van der Waals surface area contributed by atoms with E-state index in [4.69, 9.17) is 16.3 Å². The largest absolute Gasteiger partial charge is 0.491 e. The van der Waals surface area contributed by atoms with E-state index in [9.17, 15) is 9.50 Å². The van der Waals surface area contributed by atoms with E-state index < -0.39 is 11.9 Å². The van der Waals surface area contributed by atoms with E-state index in [0.717, 1.165) is 0 Å². The van der Waals surface area contributed by atoms with Crippen LogP contribution in [0.4, 0.5) is 4.39 Å². The molecule has 1 atom stereocenters. The Labute approximate surface area is 105 Å². The molecule has 0 aliphatic heterocycles. The number of aliphatic hydroxyl groups is 1. The van der Waals surface area contributed by atoms with Crippen molar-refractivity contribution in [3.05, 3.63) is 28.5 Å². The van der Waals surface area contributed by atoms with Gasteiger partial charge in [-0.15, -0.1) is 0 Å². The molecule has 0 bridgehead atoms. The maximum absolute atomic E-state index is 13.2. The van der Waals surface area contributed by atoms with Gasteiger partial charge in [-0.1, -0.05) is 11.6 Å². The van der Waals surface area contributed by atoms with Crippen LogP contribution in [0.5, 0.6) is 5.75 Å². The van der Waals surface area contributed by atoms with Crippen LogP contribution >= 0.6 is 11.6 Å². The molecule has 0 amide bonds. The van der Waals surface area contributed by atoms with Crippen LogP contribution in [0.2, 0.25) is 5.02 Å². The molecular formula is C13H16ClFO2. The summed E-state index contributed by atoms with van der Waals surface area (Å²) in [5.41, 5.74) is 0.630. The maximum atomic E-state index is 13.2. The average molecular weight is 259 g/mol. The minimum Gasteiger partial charge on any atom is -0.491 e. The number of rotatable bonds is 5. The van der Waals surface area contributed by atoms with Gasteiger partial charge in [0.15, 0.2) is 0 Å². The Bertz CT molecular complexity index is 403. The van der Waals surface area contributed by atoms with Gasteiger partial charge >= 0.3 is 0 Å². The summed E-state index contributed by atoms with van der Waals surface area (Å²) in [4.78, 5) is 0. The predicted molar refractivity (Wildman–Crippen MR) is 65.0 cm³/mol. The predicted octanol–water partition coefficient (Wildman–Crippen LogP) is 3.19. The molecule has 1 aromatic rings. The van der Waals surface area contributed by atoms with Crippen molar-refractivity contribution in [2.75, 3.05) is 6.61 Å². The van der Waals surface area contributed by atoms with E-state index in [0.29, 0.717) is 30.3 Å². The summed E-state index contributed by atoms with van der Waals surface area (Å²) in [5, 5.41) is 9.66. The second-order valence-electron chi connectivity index (χ2n) is 4.68. The van der Waals surface area contributed by atoms with Gasteiger partial charge < -0.3 is 9.84 Å². The summed E-state index contributed by atoms with van der Waals surface area (Å²) >= 11 is 5.98. The molecule has 0 heterocycles. The van der Waals surface area contributed by atoms with Gasteiger partial charge in [-0.3, -0.25) is 0 Å². The molecule has 0 saturated heterocycles. The molecule has 1 aliphatic carbocycles. The van der Waals surface area contributed by atoms with Crippen LogP contribution < -0.4 is 4.74 Å². The van der Waals surface area contributed by atoms with Crippen molar-refractivity contribution in [2.24, 2.45) is 5.92 Å². The van der Waals surface area contributed by atoms with Crippen molar-refractivity contribution in [1.29, 1.82) is 0 Å². The lowest BCUT2D eigenvalue weighted by atomic mass is 10.1. The van der Waals surface area contributed by atoms with Crippen molar-refractivity contribution >= 4 is 11.6 Å². The Hall–Kier alpha value is -0.800. The summed E-state index contributed by atoms with van der Waals surface area (Å²) in [5.74, 6) is 0.723. The number of hydrogen-bond donors (Lipinski definition) is 1. The Morgan fingerprint density at radius 1 is 1.53 bits per heavy atom. The van der Waals surface area contributed by atoms with Crippen molar-refractivity contribution in [2.45, 2.75) is 32.3 Å². The Balaban J connectivity index is 2.18. The molecule has 1 fully saturated rings. The molecule has 17 heavy (non-hydrogen) atoms. The van der Waals surface area contributed by atoms with Crippen LogP contribution in [-0.4, -0.2) is 17.8 Å². The lowest BCUT2D eigenvalue weighted by Gasteiger charge is -2.14. The third-order valence-corrected chi connectivity index (χ3v) is 3.04. The fourth-order valence-electron chi connectivity index (χ4n) is 1.73. The zero-order valence-corrected chi connectivity index (χ0v) is 10.5. The van der Waals surface area contributed by atoms with E-state index in [1.807, 2.05) is 0 Å². The molecule has 1 unspecified atom stereocenters. The van der Waals surface area contributed by atoms with Gasteiger partial charge in [0, 0.05) is 12.0 Å². The fourth-order valence-corrected chi connectivity index (χ4v) is 2.01. The lowest BCUT2D eigenvalue weighted by Crippen LogP contribution is -2.09. The quantitative estimate of drug-likeness (QED) is 0.879. The summed E-state index contributed by atoms with van der Waals surface area (Å²) in [6, 6.07) is 2.62. The molecule has 2 rings (SSSR count). The number of aliphatic hydroxyl groups excluding tert-OH is 1. The number of halogens is 2. The normalized spacial score (nSPS) is 16.9.